The van der Waals surface area contributed by atoms with Gasteiger partial charge in [0.15, 0.2) is 12.7 Å². The van der Waals surface area contributed by atoms with E-state index in [9.17, 15) is 4.57 Å². The fraction of sp³-hybridized carbons (Fsp3) is 0. The number of halogens is 1. The van der Waals surface area contributed by atoms with Crippen LogP contribution in [0, 0.1) is 0 Å². The highest BCUT2D eigenvalue weighted by Crippen LogP contribution is 2.45. The summed E-state index contributed by atoms with van der Waals surface area (Å²) < 4.78 is 21.8. The third-order valence-corrected chi connectivity index (χ3v) is 8.68. The predicted molar refractivity (Wildman–Crippen MR) is 127 cm³/mol. The molecule has 0 aliphatic carbocycles. The van der Waals surface area contributed by atoms with E-state index in [4.69, 9.17) is 4.42 Å². The fourth-order valence-corrected chi connectivity index (χ4v) is 6.84. The second kappa shape index (κ2) is 7.71. The number of oxazole rings is 1. The van der Waals surface area contributed by atoms with Crippen LogP contribution in [-0.4, -0.2) is 4.98 Å². The lowest BCUT2D eigenvalue weighted by atomic mass is 10.2. The zero-order chi connectivity index (χ0) is 20.6. The van der Waals surface area contributed by atoms with E-state index in [1.807, 2.05) is 103 Å². The summed E-state index contributed by atoms with van der Waals surface area (Å²) >= 11 is 3.48. The normalized spacial score (nSPS) is 11.6. The number of nitrogens with zero attached hydrogens (tertiary/aromatic N) is 1. The number of aromatic nitrogens is 1. The first-order valence-corrected chi connectivity index (χ1v) is 12.0. The van der Waals surface area contributed by atoms with Gasteiger partial charge in [0, 0.05) is 25.9 Å². The van der Waals surface area contributed by atoms with Crippen LogP contribution in [0.25, 0.3) is 22.6 Å². The van der Waals surface area contributed by atoms with Crippen LogP contribution in [0.2, 0.25) is 0 Å². The Labute approximate surface area is 182 Å². The van der Waals surface area contributed by atoms with Crippen molar-refractivity contribution in [1.82, 2.24) is 4.98 Å². The molecule has 1 aromatic heterocycles. The van der Waals surface area contributed by atoms with E-state index in [0.29, 0.717) is 16.8 Å². The van der Waals surface area contributed by atoms with Crippen molar-refractivity contribution < 1.29 is 8.98 Å². The summed E-state index contributed by atoms with van der Waals surface area (Å²) in [6, 6.07) is 32.6. The van der Waals surface area contributed by atoms with Crippen LogP contribution in [-0.2, 0) is 4.57 Å². The molecule has 5 rings (SSSR count). The maximum atomic E-state index is 14.8. The molecule has 3 nitrogen and oxygen atoms in total. The van der Waals surface area contributed by atoms with Crippen LogP contribution in [0.3, 0.4) is 0 Å². The summed E-state index contributed by atoms with van der Waals surface area (Å²) in [7, 11) is -3.14. The summed E-state index contributed by atoms with van der Waals surface area (Å²) in [5, 5.41) is 2.28. The average Bonchev–Trinajstić information content (AvgIpc) is 3.23. The molecule has 0 fully saturated rings. The summed E-state index contributed by atoms with van der Waals surface area (Å²) in [6.45, 7) is 0. The molecule has 0 saturated carbocycles. The lowest BCUT2D eigenvalue weighted by Crippen LogP contribution is -2.26. The summed E-state index contributed by atoms with van der Waals surface area (Å²) in [6.07, 6.45) is 0. The second-order valence-electron chi connectivity index (χ2n) is 6.93. The van der Waals surface area contributed by atoms with Gasteiger partial charge >= 0.3 is 0 Å². The molecule has 0 amide bonds. The topological polar surface area (TPSA) is 43.1 Å². The molecule has 146 valence electrons. The largest absolute Gasteiger partial charge is 0.436 e. The van der Waals surface area contributed by atoms with E-state index in [2.05, 4.69) is 20.9 Å². The number of hydrogen-bond acceptors (Lipinski definition) is 3. The first-order chi connectivity index (χ1) is 14.7. The zero-order valence-corrected chi connectivity index (χ0v) is 18.4. The molecule has 0 atom stereocenters. The van der Waals surface area contributed by atoms with E-state index in [-0.39, 0.29) is 0 Å². The highest BCUT2D eigenvalue weighted by atomic mass is 79.9. The van der Waals surface area contributed by atoms with E-state index in [1.54, 1.807) is 0 Å². The molecule has 0 spiro atoms. The molecule has 0 aliphatic heterocycles. The van der Waals surface area contributed by atoms with Crippen LogP contribution >= 0.6 is 23.1 Å². The van der Waals surface area contributed by atoms with Crippen molar-refractivity contribution in [3.63, 3.8) is 0 Å². The van der Waals surface area contributed by atoms with Crippen molar-refractivity contribution in [1.29, 1.82) is 0 Å². The van der Waals surface area contributed by atoms with Crippen molar-refractivity contribution in [2.24, 2.45) is 0 Å². The molecule has 4 aromatic carbocycles. The van der Waals surface area contributed by atoms with E-state index < -0.39 is 7.14 Å². The van der Waals surface area contributed by atoms with E-state index in [1.165, 1.54) is 0 Å². The van der Waals surface area contributed by atoms with Crippen LogP contribution in [0.1, 0.15) is 0 Å². The Kier molecular flexibility index (Phi) is 4.90. The lowest BCUT2D eigenvalue weighted by molar-refractivity contribution is 0.592. The molecule has 5 heteroatoms. The molecular weight excluding hydrogens is 457 g/mol. The minimum absolute atomic E-state index is 0.464. The molecule has 0 aliphatic rings. The minimum Gasteiger partial charge on any atom is -0.436 e. The highest BCUT2D eigenvalue weighted by molar-refractivity contribution is 9.10. The van der Waals surface area contributed by atoms with Gasteiger partial charge in [-0.05, 0) is 24.3 Å². The monoisotopic (exact) mass is 473 g/mol. The molecule has 5 aromatic rings. The summed E-state index contributed by atoms with van der Waals surface area (Å²) in [5.41, 5.74) is 2.18. The molecule has 0 unspecified atom stereocenters. The van der Waals surface area contributed by atoms with E-state index in [0.717, 1.165) is 26.2 Å². The third-order valence-electron chi connectivity index (χ3n) is 5.06. The minimum atomic E-state index is -3.14. The van der Waals surface area contributed by atoms with Gasteiger partial charge in [-0.3, -0.25) is 0 Å². The Morgan fingerprint density at radius 3 is 2.00 bits per heavy atom. The average molecular weight is 474 g/mol. The van der Waals surface area contributed by atoms with Gasteiger partial charge in [0.25, 0.3) is 0 Å². The van der Waals surface area contributed by atoms with Crippen molar-refractivity contribution in [2.75, 3.05) is 0 Å². The molecule has 1 heterocycles. The lowest BCUT2D eigenvalue weighted by Gasteiger charge is -2.21. The second-order valence-corrected chi connectivity index (χ2v) is 10.6. The van der Waals surface area contributed by atoms with Crippen molar-refractivity contribution in [2.45, 2.75) is 0 Å². The van der Waals surface area contributed by atoms with Crippen molar-refractivity contribution in [3.05, 3.63) is 108 Å². The molecule has 0 N–H and O–H groups in total. The van der Waals surface area contributed by atoms with Crippen LogP contribution in [0.15, 0.2) is 112 Å². The van der Waals surface area contributed by atoms with Gasteiger partial charge in [-0.2, -0.15) is 0 Å². The van der Waals surface area contributed by atoms with Crippen molar-refractivity contribution in [3.8, 4) is 11.5 Å². The number of rotatable bonds is 4. The quantitative estimate of drug-likeness (QED) is 0.305. The number of benzene rings is 4. The maximum absolute atomic E-state index is 14.8. The number of fused-ring (bicyclic) bond motifs is 1. The Morgan fingerprint density at radius 1 is 0.733 bits per heavy atom. The highest BCUT2D eigenvalue weighted by Gasteiger charge is 2.33. The molecule has 30 heavy (non-hydrogen) atoms. The maximum Gasteiger partial charge on any atom is 0.228 e. The Balaban J connectivity index is 1.79. The SMILES string of the molecule is O=P(c1ccccc1)(c1ccccc1)c1ccccc1-c1nc2cc(Br)ccc2o1. The smallest absolute Gasteiger partial charge is 0.228 e. The predicted octanol–water partition coefficient (Wildman–Crippen LogP) is 5.90. The molecular formula is C25H17BrNO2P. The van der Waals surface area contributed by atoms with E-state index >= 15 is 0 Å². The molecule has 0 saturated heterocycles. The van der Waals surface area contributed by atoms with Gasteiger partial charge in [-0.15, -0.1) is 0 Å². The van der Waals surface area contributed by atoms with Gasteiger partial charge < -0.3 is 8.98 Å². The van der Waals surface area contributed by atoms with Gasteiger partial charge in [0.2, 0.25) is 5.89 Å². The number of hydrogen-bond donors (Lipinski definition) is 0. The third kappa shape index (κ3) is 3.23. The van der Waals surface area contributed by atoms with Gasteiger partial charge in [0.05, 0.1) is 0 Å². The van der Waals surface area contributed by atoms with Crippen LogP contribution in [0.4, 0.5) is 0 Å². The first-order valence-electron chi connectivity index (χ1n) is 9.53. The summed E-state index contributed by atoms with van der Waals surface area (Å²) in [5.74, 6) is 0.464. The Morgan fingerprint density at radius 2 is 1.33 bits per heavy atom. The van der Waals surface area contributed by atoms with Crippen molar-refractivity contribution >= 4 is 50.1 Å². The van der Waals surface area contributed by atoms with Gasteiger partial charge in [-0.25, -0.2) is 4.98 Å². The summed E-state index contributed by atoms with van der Waals surface area (Å²) in [4.78, 5) is 4.69. The Hall–Kier alpha value is -2.94. The molecule has 0 radical (unpaired) electrons. The standard InChI is InChI=1S/C25H17BrNO2P/c26-18-15-16-23-22(17-18)27-25(29-23)21-13-7-8-14-24(21)30(28,19-9-3-1-4-10-19)20-11-5-2-6-12-20/h1-17H. The fourth-order valence-electron chi connectivity index (χ4n) is 3.65. The molecule has 0 bridgehead atoms. The Bertz CT molecular complexity index is 1340. The van der Waals surface area contributed by atoms with Gasteiger partial charge in [0.1, 0.15) is 5.52 Å². The van der Waals surface area contributed by atoms with Gasteiger partial charge in [-0.1, -0.05) is 94.8 Å². The zero-order valence-electron chi connectivity index (χ0n) is 15.9. The van der Waals surface area contributed by atoms with Crippen LogP contribution in [0.5, 0.6) is 0 Å². The van der Waals surface area contributed by atoms with Crippen LogP contribution < -0.4 is 15.9 Å². The first kappa shape index (κ1) is 19.0.